The van der Waals surface area contributed by atoms with Gasteiger partial charge in [-0.2, -0.15) is 0 Å². The second-order valence-electron chi connectivity index (χ2n) is 9.10. The minimum Gasteiger partial charge on any atom is -0.467 e. The van der Waals surface area contributed by atoms with Crippen LogP contribution in [0.3, 0.4) is 0 Å². The van der Waals surface area contributed by atoms with E-state index in [2.05, 4.69) is 0 Å². The van der Waals surface area contributed by atoms with E-state index in [1.54, 1.807) is 54.6 Å². The summed E-state index contributed by atoms with van der Waals surface area (Å²) < 4.78 is 30.8. The second kappa shape index (κ2) is 14.5. The van der Waals surface area contributed by atoms with Gasteiger partial charge in [0.05, 0.1) is 23.8 Å². The van der Waals surface area contributed by atoms with Crippen molar-refractivity contribution in [3.63, 3.8) is 0 Å². The lowest BCUT2D eigenvalue weighted by Crippen LogP contribution is -2.64. The molecule has 0 saturated carbocycles. The van der Waals surface area contributed by atoms with E-state index in [1.165, 1.54) is 36.4 Å². The molecule has 1 aliphatic heterocycles. The Hall–Kier alpha value is -4.16. The van der Waals surface area contributed by atoms with Gasteiger partial charge >= 0.3 is 23.9 Å². The molecule has 3 aromatic carbocycles. The second-order valence-corrected chi connectivity index (χ2v) is 11.4. The maximum absolute atomic E-state index is 13.3. The van der Waals surface area contributed by atoms with E-state index >= 15 is 0 Å². The van der Waals surface area contributed by atoms with Crippen LogP contribution >= 0.6 is 34.8 Å². The van der Waals surface area contributed by atoms with Gasteiger partial charge in [0.1, 0.15) is 0 Å². The Morgan fingerprint density at radius 1 is 0.636 bits per heavy atom. The highest BCUT2D eigenvalue weighted by atomic mass is 35.6. The summed E-state index contributed by atoms with van der Waals surface area (Å²) in [6.45, 7) is 0. The van der Waals surface area contributed by atoms with Crippen molar-refractivity contribution in [1.82, 2.24) is 0 Å². The average Bonchev–Trinajstić information content (AvgIpc) is 3.03. The average molecular weight is 665 g/mol. The number of benzene rings is 3. The summed E-state index contributed by atoms with van der Waals surface area (Å²) in [6.07, 6.45) is -9.08. The molecule has 11 nitrogen and oxygen atoms in total. The van der Waals surface area contributed by atoms with Gasteiger partial charge in [0.15, 0.2) is 18.3 Å². The number of hydrogen-bond acceptors (Lipinski definition) is 11. The first kappa shape index (κ1) is 32.7. The summed E-state index contributed by atoms with van der Waals surface area (Å²) in [5.41, 5.74) is 0.226. The Balaban J connectivity index is 1.81. The van der Waals surface area contributed by atoms with E-state index in [1.807, 2.05) is 0 Å². The van der Waals surface area contributed by atoms with Gasteiger partial charge < -0.3 is 28.4 Å². The first-order valence-electron chi connectivity index (χ1n) is 12.8. The molecule has 0 amide bonds. The van der Waals surface area contributed by atoms with Gasteiger partial charge in [-0.05, 0) is 36.4 Å². The largest absolute Gasteiger partial charge is 0.467 e. The lowest BCUT2D eigenvalue weighted by Gasteiger charge is -2.43. The van der Waals surface area contributed by atoms with Crippen LogP contribution in [0.2, 0.25) is 0 Å². The normalized spacial score (nSPS) is 21.3. The molecule has 0 aliphatic carbocycles. The first-order chi connectivity index (χ1) is 21.0. The van der Waals surface area contributed by atoms with Gasteiger partial charge in [-0.25, -0.2) is 19.2 Å². The van der Waals surface area contributed by atoms with Crippen LogP contribution in [0.5, 0.6) is 0 Å². The Kier molecular flexibility index (Phi) is 10.8. The van der Waals surface area contributed by atoms with E-state index in [0.717, 1.165) is 7.11 Å². The number of hydrogen-bond donors (Lipinski definition) is 1. The zero-order chi connectivity index (χ0) is 31.9. The molecule has 44 heavy (non-hydrogen) atoms. The number of halogens is 3. The maximum Gasteiger partial charge on any atom is 0.339 e. The number of carbonyl (C=O) groups excluding carboxylic acids is 4. The molecule has 5 atom stereocenters. The van der Waals surface area contributed by atoms with Crippen molar-refractivity contribution in [2.45, 2.75) is 34.5 Å². The predicted octanol–water partition coefficient (Wildman–Crippen LogP) is 4.93. The van der Waals surface area contributed by atoms with E-state index in [0.29, 0.717) is 0 Å². The van der Waals surface area contributed by atoms with Crippen LogP contribution in [0.15, 0.2) is 91.0 Å². The molecule has 1 aliphatic rings. The molecular weight excluding hydrogens is 641 g/mol. The van der Waals surface area contributed by atoms with E-state index < -0.39 is 64.3 Å². The standard InChI is InChI=1S/C30H24Cl3NO10/c1-39-27(38)22-20(40-24(35)17-11-5-2-6-12-17)21(41-25(36)18-13-7-3-8-14-18)23(28(43-22)44-29(34)30(31,32)33)42-26(37)19-15-9-4-10-16-19/h2-16,20-23,28,34H,1H3/t20-,21-,22-,23+,28+/m0/s1. The Labute approximate surface area is 266 Å². The van der Waals surface area contributed by atoms with Crippen molar-refractivity contribution in [3.05, 3.63) is 108 Å². The quantitative estimate of drug-likeness (QED) is 0.116. The van der Waals surface area contributed by atoms with Crippen LogP contribution in [0, 0.1) is 5.41 Å². The molecule has 4 rings (SSSR count). The minimum atomic E-state index is -2.41. The minimum absolute atomic E-state index is 0.0707. The lowest BCUT2D eigenvalue weighted by molar-refractivity contribution is -0.274. The highest BCUT2D eigenvalue weighted by molar-refractivity contribution is 6.76. The van der Waals surface area contributed by atoms with Crippen LogP contribution in [0.25, 0.3) is 0 Å². The molecule has 1 N–H and O–H groups in total. The summed E-state index contributed by atoms with van der Waals surface area (Å²) >= 11 is 17.4. The molecule has 0 unspecified atom stereocenters. The number of alkyl halides is 3. The zero-order valence-electron chi connectivity index (χ0n) is 22.8. The van der Waals surface area contributed by atoms with Crippen molar-refractivity contribution in [2.75, 3.05) is 7.11 Å². The molecular formula is C30H24Cl3NO10. The molecule has 14 heteroatoms. The predicted molar refractivity (Wildman–Crippen MR) is 157 cm³/mol. The van der Waals surface area contributed by atoms with E-state index in [-0.39, 0.29) is 16.7 Å². The van der Waals surface area contributed by atoms with Crippen molar-refractivity contribution in [1.29, 1.82) is 5.41 Å². The number of methoxy groups -OCH3 is 1. The fourth-order valence-corrected chi connectivity index (χ4v) is 4.21. The van der Waals surface area contributed by atoms with Gasteiger partial charge in [-0.1, -0.05) is 89.4 Å². The van der Waals surface area contributed by atoms with Crippen molar-refractivity contribution in [3.8, 4) is 0 Å². The van der Waals surface area contributed by atoms with E-state index in [9.17, 15) is 19.2 Å². The highest BCUT2D eigenvalue weighted by Gasteiger charge is 2.57. The molecule has 1 saturated heterocycles. The van der Waals surface area contributed by atoms with Gasteiger partial charge in [-0.3, -0.25) is 5.41 Å². The molecule has 3 aromatic rings. The third kappa shape index (κ3) is 8.06. The molecule has 1 heterocycles. The smallest absolute Gasteiger partial charge is 0.339 e. The van der Waals surface area contributed by atoms with Crippen LogP contribution < -0.4 is 0 Å². The van der Waals surface area contributed by atoms with Crippen LogP contribution in [0.4, 0.5) is 0 Å². The Morgan fingerprint density at radius 3 is 1.41 bits per heavy atom. The molecule has 0 radical (unpaired) electrons. The fraction of sp³-hybridized carbons (Fsp3) is 0.233. The first-order valence-corrected chi connectivity index (χ1v) is 14.0. The van der Waals surface area contributed by atoms with Gasteiger partial charge in [-0.15, -0.1) is 0 Å². The molecule has 0 spiro atoms. The molecule has 0 bridgehead atoms. The number of carbonyl (C=O) groups is 4. The fourth-order valence-electron chi connectivity index (χ4n) is 4.08. The van der Waals surface area contributed by atoms with Crippen LogP contribution in [-0.4, -0.2) is 71.4 Å². The van der Waals surface area contributed by atoms with Gasteiger partial charge in [0, 0.05) is 0 Å². The molecule has 1 fully saturated rings. The number of rotatable bonds is 8. The summed E-state index contributed by atoms with van der Waals surface area (Å²) in [7, 11) is 1.04. The topological polar surface area (TPSA) is 148 Å². The third-order valence-electron chi connectivity index (χ3n) is 6.18. The van der Waals surface area contributed by atoms with Gasteiger partial charge in [0.2, 0.25) is 18.3 Å². The number of esters is 4. The SMILES string of the molecule is COC(=O)[C@H]1O[C@H](OC(=N)C(Cl)(Cl)Cl)[C@H](OC(=O)c2ccccc2)[C@@H](OC(=O)c2ccccc2)[C@@H]1OC(=O)c1ccccc1. The summed E-state index contributed by atoms with van der Waals surface area (Å²) in [5, 5.41) is 8.10. The van der Waals surface area contributed by atoms with Crippen molar-refractivity contribution >= 4 is 64.6 Å². The summed E-state index contributed by atoms with van der Waals surface area (Å²) in [4.78, 5) is 52.8. The number of nitrogens with one attached hydrogen (secondary N) is 1. The van der Waals surface area contributed by atoms with E-state index in [4.69, 9.17) is 68.6 Å². The number of ether oxygens (including phenoxy) is 6. The highest BCUT2D eigenvalue weighted by Crippen LogP contribution is 2.35. The van der Waals surface area contributed by atoms with Crippen LogP contribution in [-0.2, 0) is 33.2 Å². The monoisotopic (exact) mass is 663 g/mol. The lowest BCUT2D eigenvalue weighted by atomic mass is 9.97. The summed E-state index contributed by atoms with van der Waals surface area (Å²) in [5.74, 6) is -4.89. The summed E-state index contributed by atoms with van der Waals surface area (Å²) in [6, 6.07) is 23.1. The Morgan fingerprint density at radius 2 is 1.02 bits per heavy atom. The third-order valence-corrected chi connectivity index (χ3v) is 6.69. The Bertz CT molecular complexity index is 1490. The maximum atomic E-state index is 13.3. The van der Waals surface area contributed by atoms with Gasteiger partial charge in [0.25, 0.3) is 3.79 Å². The molecule has 230 valence electrons. The van der Waals surface area contributed by atoms with Crippen molar-refractivity contribution in [2.24, 2.45) is 0 Å². The van der Waals surface area contributed by atoms with Crippen molar-refractivity contribution < 1.29 is 47.6 Å². The molecule has 0 aromatic heterocycles. The van der Waals surface area contributed by atoms with Crippen LogP contribution in [0.1, 0.15) is 31.1 Å². The zero-order valence-corrected chi connectivity index (χ0v) is 25.0.